The highest BCUT2D eigenvalue weighted by Crippen LogP contribution is 2.26. The van der Waals surface area contributed by atoms with Gasteiger partial charge in [0.2, 0.25) is 0 Å². The number of aromatic nitrogens is 2. The molecule has 1 atom stereocenters. The molecule has 0 bridgehead atoms. The Morgan fingerprint density at radius 1 is 1.40 bits per heavy atom. The van der Waals surface area contributed by atoms with Gasteiger partial charge in [0.05, 0.1) is 23.9 Å². The fourth-order valence-electron chi connectivity index (χ4n) is 2.68. The van der Waals surface area contributed by atoms with Crippen LogP contribution in [0.15, 0.2) is 36.5 Å². The van der Waals surface area contributed by atoms with Crippen molar-refractivity contribution in [3.63, 3.8) is 0 Å². The molecule has 4 heteroatoms. The molecular formula is C16H18N2O2. The minimum Gasteiger partial charge on any atom is -0.466 e. The third-order valence-electron chi connectivity index (χ3n) is 3.71. The molecule has 1 heterocycles. The first-order chi connectivity index (χ1) is 9.78. The largest absolute Gasteiger partial charge is 0.466 e. The quantitative estimate of drug-likeness (QED) is 0.805. The second-order valence-corrected chi connectivity index (χ2v) is 5.07. The Balaban J connectivity index is 1.81. The zero-order valence-corrected chi connectivity index (χ0v) is 11.6. The van der Waals surface area contributed by atoms with Gasteiger partial charge in [-0.15, -0.1) is 0 Å². The maximum Gasteiger partial charge on any atom is 0.309 e. The lowest BCUT2D eigenvalue weighted by molar-refractivity contribution is -0.148. The number of nitrogens with zero attached hydrogens (tertiary/aromatic N) is 2. The lowest BCUT2D eigenvalue weighted by Gasteiger charge is -2.19. The molecule has 4 nitrogen and oxygen atoms in total. The number of aryl methyl sites for hydroxylation is 1. The molecule has 1 aliphatic rings. The van der Waals surface area contributed by atoms with Crippen LogP contribution in [-0.2, 0) is 22.4 Å². The Morgan fingerprint density at radius 2 is 2.20 bits per heavy atom. The third kappa shape index (κ3) is 2.46. The predicted octanol–water partition coefficient (Wildman–Crippen LogP) is 2.54. The number of fused-ring (bicyclic) bond motifs is 1. The maximum absolute atomic E-state index is 11.8. The van der Waals surface area contributed by atoms with Gasteiger partial charge in [-0.05, 0) is 43.9 Å². The normalized spacial score (nSPS) is 17.6. The molecule has 0 aliphatic heterocycles. The van der Waals surface area contributed by atoms with Crippen molar-refractivity contribution in [3.8, 4) is 5.69 Å². The molecule has 0 radical (unpaired) electrons. The molecule has 1 aromatic heterocycles. The van der Waals surface area contributed by atoms with Gasteiger partial charge in [0.15, 0.2) is 0 Å². The van der Waals surface area contributed by atoms with Crippen molar-refractivity contribution in [2.45, 2.75) is 26.2 Å². The number of rotatable bonds is 3. The smallest absolute Gasteiger partial charge is 0.309 e. The second kappa shape index (κ2) is 5.49. The molecule has 2 aromatic rings. The van der Waals surface area contributed by atoms with Gasteiger partial charge >= 0.3 is 5.97 Å². The summed E-state index contributed by atoms with van der Waals surface area (Å²) < 4.78 is 7.02. The van der Waals surface area contributed by atoms with Gasteiger partial charge in [0.1, 0.15) is 0 Å². The summed E-state index contributed by atoms with van der Waals surface area (Å²) in [5.41, 5.74) is 3.32. The van der Waals surface area contributed by atoms with Crippen molar-refractivity contribution in [2.75, 3.05) is 6.61 Å². The van der Waals surface area contributed by atoms with Crippen LogP contribution in [0.3, 0.4) is 0 Å². The summed E-state index contributed by atoms with van der Waals surface area (Å²) in [7, 11) is 0. The maximum atomic E-state index is 11.8. The molecule has 0 N–H and O–H groups in total. The average molecular weight is 270 g/mol. The van der Waals surface area contributed by atoms with Crippen LogP contribution in [0.1, 0.15) is 24.6 Å². The van der Waals surface area contributed by atoms with Crippen LogP contribution in [0.4, 0.5) is 0 Å². The Morgan fingerprint density at radius 3 is 2.95 bits per heavy atom. The summed E-state index contributed by atoms with van der Waals surface area (Å²) in [6.45, 7) is 2.30. The SMILES string of the molecule is CCOC(=O)[C@@H]1CCc2nn(-c3ccccc3)cc2C1. The van der Waals surface area contributed by atoms with E-state index in [9.17, 15) is 4.79 Å². The van der Waals surface area contributed by atoms with Crippen molar-refractivity contribution in [3.05, 3.63) is 47.8 Å². The second-order valence-electron chi connectivity index (χ2n) is 5.07. The molecule has 0 fully saturated rings. The first kappa shape index (κ1) is 12.9. The van der Waals surface area contributed by atoms with E-state index < -0.39 is 0 Å². The average Bonchev–Trinajstić information content (AvgIpc) is 2.91. The Bertz CT molecular complexity index is 604. The van der Waals surface area contributed by atoms with Crippen molar-refractivity contribution < 1.29 is 9.53 Å². The van der Waals surface area contributed by atoms with E-state index in [1.54, 1.807) is 0 Å². The molecule has 20 heavy (non-hydrogen) atoms. The highest BCUT2D eigenvalue weighted by atomic mass is 16.5. The van der Waals surface area contributed by atoms with E-state index >= 15 is 0 Å². The summed E-state index contributed by atoms with van der Waals surface area (Å²) in [5.74, 6) is -0.0958. The molecule has 0 amide bonds. The lowest BCUT2D eigenvalue weighted by atomic mass is 9.88. The summed E-state index contributed by atoms with van der Waals surface area (Å²) in [4.78, 5) is 11.8. The van der Waals surface area contributed by atoms with E-state index in [0.29, 0.717) is 6.61 Å². The number of hydrogen-bond acceptors (Lipinski definition) is 3. The van der Waals surface area contributed by atoms with E-state index in [1.165, 1.54) is 0 Å². The first-order valence-electron chi connectivity index (χ1n) is 7.07. The van der Waals surface area contributed by atoms with Crippen molar-refractivity contribution in [1.82, 2.24) is 9.78 Å². The van der Waals surface area contributed by atoms with Gasteiger partial charge in [-0.1, -0.05) is 18.2 Å². The topological polar surface area (TPSA) is 44.1 Å². The van der Waals surface area contributed by atoms with Gasteiger partial charge in [-0.3, -0.25) is 4.79 Å². The number of ether oxygens (including phenoxy) is 1. The predicted molar refractivity (Wildman–Crippen MR) is 75.7 cm³/mol. The van der Waals surface area contributed by atoms with Crippen LogP contribution in [0.2, 0.25) is 0 Å². The van der Waals surface area contributed by atoms with Gasteiger partial charge in [0, 0.05) is 6.20 Å². The number of esters is 1. The van der Waals surface area contributed by atoms with Crippen LogP contribution in [0, 0.1) is 5.92 Å². The van der Waals surface area contributed by atoms with Gasteiger partial charge in [-0.2, -0.15) is 5.10 Å². The molecule has 1 aliphatic carbocycles. The van der Waals surface area contributed by atoms with E-state index in [1.807, 2.05) is 48.1 Å². The van der Waals surface area contributed by atoms with Gasteiger partial charge in [0.25, 0.3) is 0 Å². The molecule has 1 aromatic carbocycles. The minimum atomic E-state index is -0.0781. The molecule has 0 saturated carbocycles. The highest BCUT2D eigenvalue weighted by molar-refractivity contribution is 5.73. The fourth-order valence-corrected chi connectivity index (χ4v) is 2.68. The first-order valence-corrected chi connectivity index (χ1v) is 7.07. The molecule has 0 spiro atoms. The number of para-hydroxylation sites is 1. The molecule has 3 rings (SSSR count). The number of hydrogen-bond donors (Lipinski definition) is 0. The number of benzene rings is 1. The van der Waals surface area contributed by atoms with Crippen LogP contribution < -0.4 is 0 Å². The van der Waals surface area contributed by atoms with Gasteiger partial charge < -0.3 is 4.74 Å². The summed E-state index contributed by atoms with van der Waals surface area (Å²) in [5, 5.41) is 4.63. The molecule has 104 valence electrons. The lowest BCUT2D eigenvalue weighted by Crippen LogP contribution is -2.24. The standard InChI is InChI=1S/C16H18N2O2/c1-2-20-16(19)12-8-9-15-13(10-12)11-18(17-15)14-6-4-3-5-7-14/h3-7,11-12H,2,8-10H2,1H3/t12-/m1/s1. The summed E-state index contributed by atoms with van der Waals surface area (Å²) in [6.07, 6.45) is 4.45. The molecule has 0 unspecified atom stereocenters. The zero-order chi connectivity index (χ0) is 13.9. The van der Waals surface area contributed by atoms with Crippen molar-refractivity contribution >= 4 is 5.97 Å². The summed E-state index contributed by atoms with van der Waals surface area (Å²) in [6, 6.07) is 10.0. The molecule has 0 saturated heterocycles. The van der Waals surface area contributed by atoms with Crippen LogP contribution in [0.25, 0.3) is 5.69 Å². The van der Waals surface area contributed by atoms with E-state index in [-0.39, 0.29) is 11.9 Å². The monoisotopic (exact) mass is 270 g/mol. The van der Waals surface area contributed by atoms with E-state index in [0.717, 1.165) is 36.2 Å². The Labute approximate surface area is 118 Å². The minimum absolute atomic E-state index is 0.0177. The zero-order valence-electron chi connectivity index (χ0n) is 11.6. The van der Waals surface area contributed by atoms with Crippen LogP contribution in [-0.4, -0.2) is 22.4 Å². The van der Waals surface area contributed by atoms with Crippen LogP contribution >= 0.6 is 0 Å². The summed E-state index contributed by atoms with van der Waals surface area (Å²) >= 11 is 0. The van der Waals surface area contributed by atoms with Crippen molar-refractivity contribution in [2.24, 2.45) is 5.92 Å². The number of carbonyl (C=O) groups excluding carboxylic acids is 1. The molecular weight excluding hydrogens is 252 g/mol. The van der Waals surface area contributed by atoms with Crippen LogP contribution in [0.5, 0.6) is 0 Å². The van der Waals surface area contributed by atoms with Gasteiger partial charge in [-0.25, -0.2) is 4.68 Å². The Hall–Kier alpha value is -2.10. The fraction of sp³-hybridized carbons (Fsp3) is 0.375. The highest BCUT2D eigenvalue weighted by Gasteiger charge is 2.27. The number of carbonyl (C=O) groups is 1. The van der Waals surface area contributed by atoms with Crippen molar-refractivity contribution in [1.29, 1.82) is 0 Å². The third-order valence-corrected chi connectivity index (χ3v) is 3.71. The van der Waals surface area contributed by atoms with E-state index in [4.69, 9.17) is 4.74 Å². The van der Waals surface area contributed by atoms with E-state index in [2.05, 4.69) is 5.10 Å². The Kier molecular flexibility index (Phi) is 3.54.